The van der Waals surface area contributed by atoms with Crippen LogP contribution >= 0.6 is 0 Å². The van der Waals surface area contributed by atoms with Crippen LogP contribution in [0, 0.1) is 5.92 Å². The van der Waals surface area contributed by atoms with Gasteiger partial charge in [0.05, 0.1) is 6.04 Å². The number of aromatic amines is 1. The first kappa shape index (κ1) is 19.8. The van der Waals surface area contributed by atoms with Crippen LogP contribution in [0.25, 0.3) is 10.9 Å². The fourth-order valence-electron chi connectivity index (χ4n) is 4.65. The molecule has 3 heterocycles. The third-order valence-corrected chi connectivity index (χ3v) is 6.51. The maximum absolute atomic E-state index is 13.1. The number of nitrogens with zero attached hydrogens (tertiary/aromatic N) is 1. The second-order valence-electron chi connectivity index (χ2n) is 8.32. The van der Waals surface area contributed by atoms with Crippen LogP contribution in [0.2, 0.25) is 0 Å². The van der Waals surface area contributed by atoms with Gasteiger partial charge in [-0.1, -0.05) is 18.2 Å². The van der Waals surface area contributed by atoms with Crippen LogP contribution < -0.4 is 9.47 Å². The molecular weight excluding hydrogens is 392 g/mol. The lowest BCUT2D eigenvalue weighted by Crippen LogP contribution is -2.45. The number of H-pyrrole nitrogens is 1. The average Bonchev–Trinajstić information content (AvgIpc) is 3.26. The summed E-state index contributed by atoms with van der Waals surface area (Å²) < 4.78 is 11.2. The highest BCUT2D eigenvalue weighted by Gasteiger charge is 2.31. The van der Waals surface area contributed by atoms with Gasteiger partial charge in [-0.15, -0.1) is 0 Å². The minimum Gasteiger partial charge on any atom is -0.486 e. The highest BCUT2D eigenvalue weighted by atomic mass is 16.6. The molecule has 0 amide bonds. The molecule has 1 aromatic heterocycles. The lowest BCUT2D eigenvalue weighted by Gasteiger charge is -2.34. The molecule has 2 aromatic carbocycles. The summed E-state index contributed by atoms with van der Waals surface area (Å²) in [5.41, 5.74) is 2.38. The van der Waals surface area contributed by atoms with Gasteiger partial charge in [0.2, 0.25) is 0 Å². The second kappa shape index (κ2) is 8.19. The number of carbonyl (C=O) groups is 2. The number of nitrogens with one attached hydrogen (secondary N) is 1. The van der Waals surface area contributed by atoms with Crippen molar-refractivity contribution in [3.05, 3.63) is 59.8 Å². The zero-order chi connectivity index (χ0) is 21.4. The van der Waals surface area contributed by atoms with Gasteiger partial charge in [0, 0.05) is 34.1 Å². The first-order valence-corrected chi connectivity index (χ1v) is 10.9. The molecule has 1 saturated heterocycles. The number of hydrogen-bond acceptors (Lipinski definition) is 5. The quantitative estimate of drug-likeness (QED) is 0.632. The Bertz CT molecular complexity index is 1130. The van der Waals surface area contributed by atoms with E-state index < -0.39 is 0 Å². The molecule has 0 unspecified atom stereocenters. The number of Topliss-reactive ketones (excluding diaryl/α,β-unsaturated/α-hetero) is 2. The minimum atomic E-state index is -0.218. The standard InChI is InChI=1S/C25H26N2O4/c1-16(24(28)20-15-26-21-5-3-2-4-19(20)21)27-10-8-17(9-11-27)25(29)18-6-7-22-23(14-18)31-13-12-30-22/h2-7,14-17,26H,8-13H2,1H3/t16-/m1/s1. The number of hydrogen-bond donors (Lipinski definition) is 1. The number of rotatable bonds is 5. The van der Waals surface area contributed by atoms with Gasteiger partial charge in [-0.2, -0.15) is 0 Å². The largest absolute Gasteiger partial charge is 0.486 e. The van der Waals surface area contributed by atoms with E-state index in [0.29, 0.717) is 30.3 Å². The van der Waals surface area contributed by atoms with Gasteiger partial charge < -0.3 is 14.5 Å². The third kappa shape index (κ3) is 3.72. The van der Waals surface area contributed by atoms with Gasteiger partial charge in [0.15, 0.2) is 23.1 Å². The molecule has 1 atom stereocenters. The third-order valence-electron chi connectivity index (χ3n) is 6.51. The Labute approximate surface area is 181 Å². The van der Waals surface area contributed by atoms with Crippen LogP contribution in [0.15, 0.2) is 48.7 Å². The summed E-state index contributed by atoms with van der Waals surface area (Å²) in [5, 5.41) is 0.961. The highest BCUT2D eigenvalue weighted by molar-refractivity contribution is 6.10. The van der Waals surface area contributed by atoms with Gasteiger partial charge in [0.25, 0.3) is 0 Å². The van der Waals surface area contributed by atoms with E-state index in [2.05, 4.69) is 9.88 Å². The maximum Gasteiger partial charge on any atom is 0.181 e. The van der Waals surface area contributed by atoms with E-state index >= 15 is 0 Å². The molecule has 0 saturated carbocycles. The molecule has 0 aliphatic carbocycles. The molecule has 6 heteroatoms. The molecule has 6 nitrogen and oxygen atoms in total. The predicted molar refractivity (Wildman–Crippen MR) is 118 cm³/mol. The van der Waals surface area contributed by atoms with Gasteiger partial charge in [-0.25, -0.2) is 0 Å². The summed E-state index contributed by atoms with van der Waals surface area (Å²) in [5.74, 6) is 1.57. The lowest BCUT2D eigenvalue weighted by molar-refractivity contribution is 0.0714. The number of ketones is 2. The molecule has 160 valence electrons. The van der Waals surface area contributed by atoms with Crippen LogP contribution in [0.1, 0.15) is 40.5 Å². The SMILES string of the molecule is C[C@H](C(=O)c1c[nH]c2ccccc12)N1CCC(C(=O)c2ccc3c(c2)OCCO3)CC1. The lowest BCUT2D eigenvalue weighted by atomic mass is 9.87. The monoisotopic (exact) mass is 418 g/mol. The number of piperidine rings is 1. The topological polar surface area (TPSA) is 71.6 Å². The molecule has 2 aliphatic heterocycles. The number of para-hydroxylation sites is 1. The number of carbonyl (C=O) groups excluding carboxylic acids is 2. The van der Waals surface area contributed by atoms with Gasteiger partial charge in [-0.3, -0.25) is 14.5 Å². The van der Waals surface area contributed by atoms with Gasteiger partial charge in [0.1, 0.15) is 13.2 Å². The number of fused-ring (bicyclic) bond motifs is 2. The van der Waals surface area contributed by atoms with Crippen molar-refractivity contribution in [2.75, 3.05) is 26.3 Å². The molecule has 31 heavy (non-hydrogen) atoms. The smallest absolute Gasteiger partial charge is 0.181 e. The van der Waals surface area contributed by atoms with Crippen LogP contribution in [0.4, 0.5) is 0 Å². The summed E-state index contributed by atoms with van der Waals surface area (Å²) in [6, 6.07) is 13.1. The zero-order valence-electron chi connectivity index (χ0n) is 17.6. The first-order chi connectivity index (χ1) is 15.1. The second-order valence-corrected chi connectivity index (χ2v) is 8.32. The van der Waals surface area contributed by atoms with Gasteiger partial charge in [-0.05, 0) is 57.1 Å². The average molecular weight is 418 g/mol. The van der Waals surface area contributed by atoms with E-state index in [1.165, 1.54) is 0 Å². The summed E-state index contributed by atoms with van der Waals surface area (Å²) in [6.07, 6.45) is 3.30. The van der Waals surface area contributed by atoms with E-state index in [1.807, 2.05) is 49.5 Å². The highest BCUT2D eigenvalue weighted by Crippen LogP contribution is 2.33. The molecular formula is C25H26N2O4. The Balaban J connectivity index is 1.23. The molecule has 0 spiro atoms. The van der Waals surface area contributed by atoms with Gasteiger partial charge >= 0.3 is 0 Å². The van der Waals surface area contributed by atoms with Crippen molar-refractivity contribution in [2.45, 2.75) is 25.8 Å². The van der Waals surface area contributed by atoms with Crippen molar-refractivity contribution in [3.63, 3.8) is 0 Å². The summed E-state index contributed by atoms with van der Waals surface area (Å²) in [4.78, 5) is 31.6. The summed E-state index contributed by atoms with van der Waals surface area (Å²) >= 11 is 0. The Hall–Kier alpha value is -3.12. The molecule has 2 aliphatic rings. The Morgan fingerprint density at radius 3 is 2.58 bits per heavy atom. The number of benzene rings is 2. The van der Waals surface area contributed by atoms with Crippen molar-refractivity contribution >= 4 is 22.5 Å². The fraction of sp³-hybridized carbons (Fsp3) is 0.360. The van der Waals surface area contributed by atoms with Crippen LogP contribution in [0.3, 0.4) is 0 Å². The van der Waals surface area contributed by atoms with Crippen molar-refractivity contribution < 1.29 is 19.1 Å². The van der Waals surface area contributed by atoms with Crippen LogP contribution in [-0.2, 0) is 0 Å². The van der Waals surface area contributed by atoms with Crippen LogP contribution in [-0.4, -0.2) is 53.8 Å². The fourth-order valence-corrected chi connectivity index (χ4v) is 4.65. The Morgan fingerprint density at radius 2 is 1.77 bits per heavy atom. The molecule has 5 rings (SSSR count). The molecule has 0 bridgehead atoms. The number of aromatic nitrogens is 1. The molecule has 0 radical (unpaired) electrons. The minimum absolute atomic E-state index is 0.0331. The summed E-state index contributed by atoms with van der Waals surface area (Å²) in [7, 11) is 0. The molecule has 1 N–H and O–H groups in total. The summed E-state index contributed by atoms with van der Waals surface area (Å²) in [6.45, 7) is 4.47. The number of likely N-dealkylation sites (tertiary alicyclic amines) is 1. The first-order valence-electron chi connectivity index (χ1n) is 10.9. The molecule has 3 aromatic rings. The van der Waals surface area contributed by atoms with Crippen molar-refractivity contribution in [1.29, 1.82) is 0 Å². The van der Waals surface area contributed by atoms with E-state index in [1.54, 1.807) is 6.07 Å². The van der Waals surface area contributed by atoms with Crippen molar-refractivity contribution in [1.82, 2.24) is 9.88 Å². The Morgan fingerprint density at radius 1 is 1.03 bits per heavy atom. The number of ether oxygens (including phenoxy) is 2. The predicted octanol–water partition coefficient (Wildman–Crippen LogP) is 4.11. The van der Waals surface area contributed by atoms with E-state index in [0.717, 1.165) is 42.4 Å². The maximum atomic E-state index is 13.1. The van der Waals surface area contributed by atoms with Crippen molar-refractivity contribution in [3.8, 4) is 11.5 Å². The van der Waals surface area contributed by atoms with Crippen molar-refractivity contribution in [2.24, 2.45) is 5.92 Å². The van der Waals surface area contributed by atoms with Crippen LogP contribution in [0.5, 0.6) is 11.5 Å². The molecule has 1 fully saturated rings. The van der Waals surface area contributed by atoms with E-state index in [4.69, 9.17) is 9.47 Å². The zero-order valence-corrected chi connectivity index (χ0v) is 17.6. The normalized spacial score (nSPS) is 18.1. The Kier molecular flexibility index (Phi) is 5.24. The van der Waals surface area contributed by atoms with E-state index in [-0.39, 0.29) is 23.5 Å². The van der Waals surface area contributed by atoms with E-state index in [9.17, 15) is 9.59 Å².